The Bertz CT molecular complexity index is 49.7. The van der Waals surface area contributed by atoms with E-state index in [-0.39, 0.29) is 25.1 Å². The Hall–Kier alpha value is 0.210. The van der Waals surface area contributed by atoms with Crippen LogP contribution in [0, 0.1) is 5.92 Å². The first-order valence-corrected chi connectivity index (χ1v) is 2.55. The number of aliphatic hydroxyl groups excluding tert-OH is 1. The lowest BCUT2D eigenvalue weighted by molar-refractivity contribution is 0.238. The van der Waals surface area contributed by atoms with Crippen LogP contribution in [0.2, 0.25) is 0 Å². The predicted molar refractivity (Wildman–Crippen MR) is 37.1 cm³/mol. The number of rotatable bonds is 2. The van der Waals surface area contributed by atoms with E-state index in [2.05, 4.69) is 0 Å². The van der Waals surface area contributed by atoms with Gasteiger partial charge in [-0.15, -0.1) is 12.4 Å². The Balaban J connectivity index is 0. The molecular formula is C5H14ClNO. The van der Waals surface area contributed by atoms with Crippen molar-refractivity contribution in [2.75, 3.05) is 6.61 Å². The highest BCUT2D eigenvalue weighted by molar-refractivity contribution is 5.85. The van der Waals surface area contributed by atoms with Crippen molar-refractivity contribution in [2.45, 2.75) is 19.9 Å². The second-order valence-corrected chi connectivity index (χ2v) is 2.09. The minimum absolute atomic E-state index is 0. The summed E-state index contributed by atoms with van der Waals surface area (Å²) in [7, 11) is 0. The smallest absolute Gasteiger partial charge is 0.0585 e. The Morgan fingerprint density at radius 3 is 1.88 bits per heavy atom. The summed E-state index contributed by atoms with van der Waals surface area (Å²) in [5.41, 5.74) is 5.37. The molecule has 0 bridgehead atoms. The van der Waals surface area contributed by atoms with E-state index in [9.17, 15) is 0 Å². The van der Waals surface area contributed by atoms with Crippen LogP contribution in [0.4, 0.5) is 0 Å². The quantitative estimate of drug-likeness (QED) is 0.581. The van der Waals surface area contributed by atoms with Gasteiger partial charge in [0.15, 0.2) is 0 Å². The minimum atomic E-state index is -0.0417. The average Bonchev–Trinajstić information content (AvgIpc) is 1.65. The van der Waals surface area contributed by atoms with Crippen molar-refractivity contribution in [3.05, 3.63) is 0 Å². The summed E-state index contributed by atoms with van der Waals surface area (Å²) in [5.74, 6) is 0.394. The highest BCUT2D eigenvalue weighted by Crippen LogP contribution is 1.94. The molecule has 0 radical (unpaired) electrons. The maximum absolute atomic E-state index is 8.38. The molecular weight excluding hydrogens is 126 g/mol. The lowest BCUT2D eigenvalue weighted by Crippen LogP contribution is -2.29. The van der Waals surface area contributed by atoms with Crippen LogP contribution < -0.4 is 5.73 Å². The maximum Gasteiger partial charge on any atom is 0.0585 e. The van der Waals surface area contributed by atoms with Gasteiger partial charge in [-0.25, -0.2) is 0 Å². The largest absolute Gasteiger partial charge is 0.395 e. The van der Waals surface area contributed by atoms with Gasteiger partial charge in [-0.1, -0.05) is 13.8 Å². The van der Waals surface area contributed by atoms with E-state index < -0.39 is 0 Å². The van der Waals surface area contributed by atoms with E-state index in [1.54, 1.807) is 0 Å². The van der Waals surface area contributed by atoms with E-state index in [0.717, 1.165) is 0 Å². The standard InChI is InChI=1S/C5H13NO.ClH/c1-4(2)5(6)3-7;/h4-5,7H,3,6H2,1-2H3;1H/t5-;/m0./s1. The maximum atomic E-state index is 8.38. The van der Waals surface area contributed by atoms with Gasteiger partial charge in [0.05, 0.1) is 6.61 Å². The molecule has 52 valence electrons. The normalized spacial score (nSPS) is 13.1. The van der Waals surface area contributed by atoms with Crippen LogP contribution in [-0.2, 0) is 0 Å². The number of hydrogen-bond donors (Lipinski definition) is 2. The Morgan fingerprint density at radius 2 is 1.88 bits per heavy atom. The summed E-state index contributed by atoms with van der Waals surface area (Å²) in [5, 5.41) is 8.38. The molecule has 0 unspecified atom stereocenters. The molecule has 8 heavy (non-hydrogen) atoms. The summed E-state index contributed by atoms with van der Waals surface area (Å²) in [6, 6.07) is -0.0417. The van der Waals surface area contributed by atoms with Crippen molar-refractivity contribution in [3.8, 4) is 0 Å². The molecule has 0 saturated carbocycles. The number of aliphatic hydroxyl groups is 1. The SMILES string of the molecule is CC(C)[C@@H](N)CO.Cl. The number of nitrogens with two attached hydrogens (primary N) is 1. The monoisotopic (exact) mass is 139 g/mol. The summed E-state index contributed by atoms with van der Waals surface area (Å²) in [6.45, 7) is 4.07. The summed E-state index contributed by atoms with van der Waals surface area (Å²) in [6.07, 6.45) is 0. The third-order valence-electron chi connectivity index (χ3n) is 1.07. The zero-order valence-corrected chi connectivity index (χ0v) is 6.11. The van der Waals surface area contributed by atoms with Gasteiger partial charge >= 0.3 is 0 Å². The van der Waals surface area contributed by atoms with E-state index >= 15 is 0 Å². The molecule has 0 aliphatic carbocycles. The van der Waals surface area contributed by atoms with Crippen molar-refractivity contribution in [2.24, 2.45) is 11.7 Å². The molecule has 1 atom stereocenters. The number of halogens is 1. The highest BCUT2D eigenvalue weighted by atomic mass is 35.5. The van der Waals surface area contributed by atoms with Crippen LogP contribution in [0.3, 0.4) is 0 Å². The van der Waals surface area contributed by atoms with Crippen molar-refractivity contribution in [1.82, 2.24) is 0 Å². The zero-order valence-electron chi connectivity index (χ0n) is 5.29. The van der Waals surface area contributed by atoms with Crippen LogP contribution in [-0.4, -0.2) is 17.8 Å². The molecule has 0 aliphatic heterocycles. The van der Waals surface area contributed by atoms with Crippen LogP contribution in [0.5, 0.6) is 0 Å². The van der Waals surface area contributed by atoms with Gasteiger partial charge in [0.1, 0.15) is 0 Å². The first kappa shape index (κ1) is 11.1. The topological polar surface area (TPSA) is 46.2 Å². The van der Waals surface area contributed by atoms with Crippen LogP contribution in [0.25, 0.3) is 0 Å². The van der Waals surface area contributed by atoms with Crippen molar-refractivity contribution in [3.63, 3.8) is 0 Å². The molecule has 0 saturated heterocycles. The van der Waals surface area contributed by atoms with E-state index in [1.165, 1.54) is 0 Å². The third kappa shape index (κ3) is 4.37. The summed E-state index contributed by atoms with van der Waals surface area (Å²) in [4.78, 5) is 0. The van der Waals surface area contributed by atoms with Gasteiger partial charge in [0.2, 0.25) is 0 Å². The predicted octanol–water partition coefficient (Wildman–Crippen LogP) is 0.384. The van der Waals surface area contributed by atoms with Crippen molar-refractivity contribution < 1.29 is 5.11 Å². The van der Waals surface area contributed by atoms with Crippen molar-refractivity contribution >= 4 is 12.4 Å². The zero-order chi connectivity index (χ0) is 5.86. The Morgan fingerprint density at radius 1 is 1.50 bits per heavy atom. The van der Waals surface area contributed by atoms with Gasteiger partial charge in [0, 0.05) is 6.04 Å². The molecule has 0 fully saturated rings. The second kappa shape index (κ2) is 5.35. The van der Waals surface area contributed by atoms with Crippen molar-refractivity contribution in [1.29, 1.82) is 0 Å². The van der Waals surface area contributed by atoms with Gasteiger partial charge < -0.3 is 10.8 Å². The fourth-order valence-corrected chi connectivity index (χ4v) is 0.211. The van der Waals surface area contributed by atoms with Crippen LogP contribution in [0.1, 0.15) is 13.8 Å². The molecule has 2 nitrogen and oxygen atoms in total. The second-order valence-electron chi connectivity index (χ2n) is 2.09. The van der Waals surface area contributed by atoms with Gasteiger partial charge in [-0.2, -0.15) is 0 Å². The van der Waals surface area contributed by atoms with Gasteiger partial charge in [-0.3, -0.25) is 0 Å². The first-order valence-electron chi connectivity index (χ1n) is 2.55. The molecule has 0 heterocycles. The third-order valence-corrected chi connectivity index (χ3v) is 1.07. The molecule has 0 aromatic rings. The average molecular weight is 140 g/mol. The summed E-state index contributed by atoms with van der Waals surface area (Å²) < 4.78 is 0. The Kier molecular flexibility index (Phi) is 7.40. The van der Waals surface area contributed by atoms with E-state index in [4.69, 9.17) is 10.8 Å². The minimum Gasteiger partial charge on any atom is -0.395 e. The van der Waals surface area contributed by atoms with E-state index in [0.29, 0.717) is 5.92 Å². The molecule has 0 aliphatic rings. The molecule has 0 amide bonds. The molecule has 0 rings (SSSR count). The highest BCUT2D eigenvalue weighted by Gasteiger charge is 2.02. The lowest BCUT2D eigenvalue weighted by atomic mass is 10.1. The first-order chi connectivity index (χ1) is 3.18. The fraction of sp³-hybridized carbons (Fsp3) is 1.00. The van der Waals surface area contributed by atoms with Gasteiger partial charge in [-0.05, 0) is 5.92 Å². The molecule has 0 spiro atoms. The number of hydrogen-bond acceptors (Lipinski definition) is 2. The molecule has 3 N–H and O–H groups in total. The van der Waals surface area contributed by atoms with Crippen LogP contribution in [0.15, 0.2) is 0 Å². The molecule has 0 aromatic heterocycles. The lowest BCUT2D eigenvalue weighted by Gasteiger charge is -2.10. The Labute approximate surface area is 56.5 Å². The van der Waals surface area contributed by atoms with E-state index in [1.807, 2.05) is 13.8 Å². The van der Waals surface area contributed by atoms with Gasteiger partial charge in [0.25, 0.3) is 0 Å². The molecule has 3 heteroatoms. The summed E-state index contributed by atoms with van der Waals surface area (Å²) >= 11 is 0. The molecule has 0 aromatic carbocycles. The fourth-order valence-electron chi connectivity index (χ4n) is 0.211. The van der Waals surface area contributed by atoms with Crippen LogP contribution >= 0.6 is 12.4 Å².